The smallest absolute Gasteiger partial charge is 0.396 e. The topological polar surface area (TPSA) is 113 Å². The lowest BCUT2D eigenvalue weighted by Crippen LogP contribution is -2.47. The van der Waals surface area contributed by atoms with Crippen molar-refractivity contribution in [1.82, 2.24) is 0 Å². The van der Waals surface area contributed by atoms with Gasteiger partial charge in [-0.05, 0) is 0 Å². The zero-order valence-corrected chi connectivity index (χ0v) is 11.9. The van der Waals surface area contributed by atoms with E-state index in [4.69, 9.17) is 5.11 Å². The van der Waals surface area contributed by atoms with Gasteiger partial charge in [-0.25, -0.2) is 13.2 Å². The molecule has 0 radical (unpaired) electrons. The molecule has 22 heavy (non-hydrogen) atoms. The first-order valence-corrected chi connectivity index (χ1v) is 7.02. The maximum absolute atomic E-state index is 13.0. The summed E-state index contributed by atoms with van der Waals surface area (Å²) in [6.45, 7) is 0.676. The van der Waals surface area contributed by atoms with Gasteiger partial charge in [-0.1, -0.05) is 6.58 Å². The van der Waals surface area contributed by atoms with Gasteiger partial charge < -0.3 is 19.1 Å². The Morgan fingerprint density at radius 1 is 1.23 bits per heavy atom. The number of ether oxygens (including phenoxy) is 2. The Bertz CT molecular complexity index is 503. The molecule has 0 aromatic rings. The van der Waals surface area contributed by atoms with Crippen molar-refractivity contribution in [3.8, 4) is 0 Å². The molecule has 12 heteroatoms. The second-order valence-electron chi connectivity index (χ2n) is 3.94. The van der Waals surface area contributed by atoms with Crippen LogP contribution in [0.5, 0.6) is 0 Å². The third-order valence-electron chi connectivity index (χ3n) is 2.19. The number of aliphatic hydroxyl groups excluding tert-OH is 1. The third-order valence-corrected chi connectivity index (χ3v) is 3.12. The van der Waals surface area contributed by atoms with Crippen LogP contribution in [0.15, 0.2) is 12.2 Å². The minimum absolute atomic E-state index is 0.330. The second-order valence-corrected chi connectivity index (χ2v) is 5.36. The number of halogens is 4. The molecule has 0 aromatic heterocycles. The highest BCUT2D eigenvalue weighted by molar-refractivity contribution is 7.86. The van der Waals surface area contributed by atoms with Gasteiger partial charge in [0.05, 0.1) is 25.4 Å². The third kappa shape index (κ3) is 5.51. The number of alkyl halides is 4. The van der Waals surface area contributed by atoms with Crippen LogP contribution in [0.4, 0.5) is 17.6 Å². The number of rotatable bonds is 10. The molecule has 0 atom stereocenters. The molecule has 0 spiro atoms. The number of esters is 1. The zero-order chi connectivity index (χ0) is 17.6. The molecule has 0 heterocycles. The van der Waals surface area contributed by atoms with E-state index in [1.807, 2.05) is 0 Å². The summed E-state index contributed by atoms with van der Waals surface area (Å²) in [5.41, 5.74) is -0.333. The van der Waals surface area contributed by atoms with E-state index in [-0.39, 0.29) is 12.2 Å². The van der Waals surface area contributed by atoms with E-state index in [9.17, 15) is 35.3 Å². The number of aliphatic hydroxyl groups is 1. The first-order valence-electron chi connectivity index (χ1n) is 5.61. The molecule has 0 fully saturated rings. The molecule has 0 saturated heterocycles. The normalized spacial score (nSPS) is 13.0. The summed E-state index contributed by atoms with van der Waals surface area (Å²) in [4.78, 5) is 11.1. The standard InChI is InChI=1S/C10H14F4O7S/c1-7(8(16)21-5-3-15)6-20-4-2-9(11,12)10(13,14)22(17,18)19/h15H,1-6H2,(H,17,18,19)/p-1. The van der Waals surface area contributed by atoms with Gasteiger partial charge in [0.25, 0.3) is 0 Å². The van der Waals surface area contributed by atoms with Gasteiger partial charge >= 0.3 is 17.1 Å². The minimum atomic E-state index is -6.54. The van der Waals surface area contributed by atoms with Crippen molar-refractivity contribution in [2.75, 3.05) is 26.4 Å². The van der Waals surface area contributed by atoms with E-state index in [1.54, 1.807) is 0 Å². The van der Waals surface area contributed by atoms with Crippen LogP contribution in [0.2, 0.25) is 0 Å². The van der Waals surface area contributed by atoms with E-state index >= 15 is 0 Å². The maximum atomic E-state index is 13.0. The first kappa shape index (κ1) is 20.8. The van der Waals surface area contributed by atoms with Gasteiger partial charge in [0.1, 0.15) is 6.61 Å². The molecule has 0 aliphatic rings. The van der Waals surface area contributed by atoms with Gasteiger partial charge in [0.15, 0.2) is 10.1 Å². The quantitative estimate of drug-likeness (QED) is 0.197. The molecule has 0 rings (SSSR count). The lowest BCUT2D eigenvalue weighted by molar-refractivity contribution is -0.170. The van der Waals surface area contributed by atoms with E-state index in [0.717, 1.165) is 0 Å². The number of hydrogen-bond acceptors (Lipinski definition) is 7. The highest BCUT2D eigenvalue weighted by Gasteiger charge is 2.61. The highest BCUT2D eigenvalue weighted by atomic mass is 32.2. The van der Waals surface area contributed by atoms with Crippen molar-refractivity contribution in [3.63, 3.8) is 0 Å². The zero-order valence-electron chi connectivity index (χ0n) is 11.1. The fraction of sp³-hybridized carbons (Fsp3) is 0.700. The van der Waals surface area contributed by atoms with E-state index < -0.39 is 53.5 Å². The molecule has 130 valence electrons. The largest absolute Gasteiger partial charge is 0.743 e. The average Bonchev–Trinajstić information content (AvgIpc) is 2.39. The van der Waals surface area contributed by atoms with Crippen molar-refractivity contribution in [3.05, 3.63) is 12.2 Å². The van der Waals surface area contributed by atoms with Crippen LogP contribution in [0.25, 0.3) is 0 Å². The van der Waals surface area contributed by atoms with Crippen LogP contribution in [-0.2, 0) is 24.4 Å². The van der Waals surface area contributed by atoms with Gasteiger partial charge in [-0.3, -0.25) is 0 Å². The van der Waals surface area contributed by atoms with Crippen LogP contribution in [0.3, 0.4) is 0 Å². The molecule has 0 aromatic carbocycles. The fourth-order valence-corrected chi connectivity index (χ4v) is 1.49. The highest BCUT2D eigenvalue weighted by Crippen LogP contribution is 2.40. The second kappa shape index (κ2) is 7.85. The summed E-state index contributed by atoms with van der Waals surface area (Å²) in [6, 6.07) is 0. The van der Waals surface area contributed by atoms with Crippen LogP contribution >= 0.6 is 0 Å². The van der Waals surface area contributed by atoms with Crippen LogP contribution in [-0.4, -0.2) is 61.7 Å². The first-order chi connectivity index (χ1) is 9.87. The molecular weight excluding hydrogens is 340 g/mol. The molecule has 0 unspecified atom stereocenters. The van der Waals surface area contributed by atoms with Gasteiger partial charge in [0.2, 0.25) is 0 Å². The average molecular weight is 353 g/mol. The Balaban J connectivity index is 4.36. The summed E-state index contributed by atoms with van der Waals surface area (Å²) in [7, 11) is -6.54. The number of carbonyl (C=O) groups excluding carboxylic acids is 1. The SMILES string of the molecule is C=C(COCCC(F)(F)C(F)(F)S(=O)(=O)[O-])C(=O)OCCO. The summed E-state index contributed by atoms with van der Waals surface area (Å²) < 4.78 is 90.7. The molecular formula is C10H13F4O7S-. The Morgan fingerprint density at radius 2 is 1.77 bits per heavy atom. The van der Waals surface area contributed by atoms with Crippen molar-refractivity contribution in [2.24, 2.45) is 0 Å². The predicted molar refractivity (Wildman–Crippen MR) is 62.2 cm³/mol. The van der Waals surface area contributed by atoms with Crippen LogP contribution in [0.1, 0.15) is 6.42 Å². The van der Waals surface area contributed by atoms with Gasteiger partial charge in [-0.15, -0.1) is 0 Å². The van der Waals surface area contributed by atoms with E-state index in [1.165, 1.54) is 0 Å². The van der Waals surface area contributed by atoms with Crippen molar-refractivity contribution >= 4 is 16.1 Å². The van der Waals surface area contributed by atoms with E-state index in [2.05, 4.69) is 16.1 Å². The summed E-state index contributed by atoms with van der Waals surface area (Å²) in [5.74, 6) is -6.12. The molecule has 7 nitrogen and oxygen atoms in total. The number of carbonyl (C=O) groups is 1. The molecule has 1 N–H and O–H groups in total. The predicted octanol–water partition coefficient (Wildman–Crippen LogP) is 0.258. The number of hydrogen-bond donors (Lipinski definition) is 1. The van der Waals surface area contributed by atoms with Gasteiger partial charge in [0, 0.05) is 6.42 Å². The molecule has 0 amide bonds. The molecule has 0 bridgehead atoms. The monoisotopic (exact) mass is 353 g/mol. The Labute approximate surface area is 123 Å². The maximum Gasteiger partial charge on any atom is 0.396 e. The Morgan fingerprint density at radius 3 is 2.23 bits per heavy atom. The minimum Gasteiger partial charge on any atom is -0.743 e. The van der Waals surface area contributed by atoms with Crippen molar-refractivity contribution < 1.29 is 49.9 Å². The van der Waals surface area contributed by atoms with Gasteiger partial charge in [-0.2, -0.15) is 17.6 Å². The summed E-state index contributed by atoms with van der Waals surface area (Å²) in [6.07, 6.45) is -1.76. The summed E-state index contributed by atoms with van der Waals surface area (Å²) >= 11 is 0. The lowest BCUT2D eigenvalue weighted by Gasteiger charge is -2.28. The van der Waals surface area contributed by atoms with Crippen LogP contribution in [0, 0.1) is 0 Å². The van der Waals surface area contributed by atoms with Crippen LogP contribution < -0.4 is 0 Å². The van der Waals surface area contributed by atoms with Crippen molar-refractivity contribution in [1.29, 1.82) is 0 Å². The Hall–Kier alpha value is -1.24. The summed E-state index contributed by atoms with van der Waals surface area (Å²) in [5, 5.41) is 2.60. The van der Waals surface area contributed by atoms with E-state index in [0.29, 0.717) is 0 Å². The Kier molecular flexibility index (Phi) is 7.41. The molecule has 0 aliphatic carbocycles. The van der Waals surface area contributed by atoms with Crippen molar-refractivity contribution in [2.45, 2.75) is 17.6 Å². The molecule has 0 saturated carbocycles. The lowest BCUT2D eigenvalue weighted by atomic mass is 10.2. The fourth-order valence-electron chi connectivity index (χ4n) is 1.02. The molecule has 0 aliphatic heterocycles.